The lowest BCUT2D eigenvalue weighted by molar-refractivity contribution is 0.299. The van der Waals surface area contributed by atoms with Crippen molar-refractivity contribution < 1.29 is 4.74 Å². The summed E-state index contributed by atoms with van der Waals surface area (Å²) >= 11 is 0. The highest BCUT2D eigenvalue weighted by molar-refractivity contribution is 5.36. The van der Waals surface area contributed by atoms with E-state index < -0.39 is 0 Å². The highest BCUT2D eigenvalue weighted by Crippen LogP contribution is 2.25. The van der Waals surface area contributed by atoms with E-state index in [9.17, 15) is 0 Å². The number of hydrogen-bond donors (Lipinski definition) is 1. The van der Waals surface area contributed by atoms with Crippen molar-refractivity contribution in [3.63, 3.8) is 0 Å². The Bertz CT molecular complexity index is 389. The quantitative estimate of drug-likeness (QED) is 0.876. The Labute approximate surface area is 111 Å². The molecule has 2 rings (SSSR count). The second kappa shape index (κ2) is 6.24. The maximum absolute atomic E-state index is 5.42. The fraction of sp³-hybridized carbons (Fsp3) is 0.625. The minimum atomic E-state index is 0.680. The monoisotopic (exact) mass is 247 g/mol. The molecule has 100 valence electrons. The van der Waals surface area contributed by atoms with Gasteiger partial charge in [-0.3, -0.25) is 0 Å². The van der Waals surface area contributed by atoms with Crippen LogP contribution in [-0.4, -0.2) is 13.2 Å². The van der Waals surface area contributed by atoms with E-state index in [0.29, 0.717) is 6.04 Å². The average Bonchev–Trinajstić information content (AvgIpc) is 2.37. The van der Waals surface area contributed by atoms with Gasteiger partial charge in [-0.1, -0.05) is 37.5 Å². The summed E-state index contributed by atoms with van der Waals surface area (Å²) in [6.07, 6.45) is 5.39. The standard InChI is InChI=1S/C16H25NO/c1-12-5-4-6-15(10-12)17-11-14-9-13(2)7-8-16(14)18-3/h7-9,12,15,17H,4-6,10-11H2,1-3H3. The second-order valence-electron chi connectivity index (χ2n) is 5.66. The van der Waals surface area contributed by atoms with E-state index >= 15 is 0 Å². The first-order valence-electron chi connectivity index (χ1n) is 7.06. The first kappa shape index (κ1) is 13.4. The lowest BCUT2D eigenvalue weighted by Gasteiger charge is -2.27. The Morgan fingerprint density at radius 3 is 2.89 bits per heavy atom. The number of benzene rings is 1. The highest BCUT2D eigenvalue weighted by atomic mass is 16.5. The molecule has 0 bridgehead atoms. The van der Waals surface area contributed by atoms with Crippen molar-refractivity contribution in [2.24, 2.45) is 5.92 Å². The molecule has 0 aliphatic heterocycles. The lowest BCUT2D eigenvalue weighted by Crippen LogP contribution is -2.33. The van der Waals surface area contributed by atoms with Crippen LogP contribution in [0.4, 0.5) is 0 Å². The van der Waals surface area contributed by atoms with Crippen molar-refractivity contribution in [3.05, 3.63) is 29.3 Å². The van der Waals surface area contributed by atoms with E-state index in [1.165, 1.54) is 36.8 Å². The van der Waals surface area contributed by atoms with Crippen LogP contribution in [-0.2, 0) is 6.54 Å². The number of ether oxygens (including phenoxy) is 1. The summed E-state index contributed by atoms with van der Waals surface area (Å²) in [7, 11) is 1.75. The Kier molecular flexibility index (Phi) is 4.65. The molecule has 2 heteroatoms. The molecular formula is C16H25NO. The van der Waals surface area contributed by atoms with Crippen LogP contribution in [0.2, 0.25) is 0 Å². The fourth-order valence-electron chi connectivity index (χ4n) is 2.92. The van der Waals surface area contributed by atoms with E-state index in [-0.39, 0.29) is 0 Å². The van der Waals surface area contributed by atoms with Crippen molar-refractivity contribution in [2.45, 2.75) is 52.1 Å². The van der Waals surface area contributed by atoms with Crippen LogP contribution in [0.5, 0.6) is 5.75 Å². The van der Waals surface area contributed by atoms with E-state index in [4.69, 9.17) is 4.74 Å². The molecule has 2 unspecified atom stereocenters. The molecule has 1 aromatic carbocycles. The molecular weight excluding hydrogens is 222 g/mol. The van der Waals surface area contributed by atoms with Gasteiger partial charge in [0.2, 0.25) is 0 Å². The summed E-state index contributed by atoms with van der Waals surface area (Å²) in [5.74, 6) is 1.87. The maximum Gasteiger partial charge on any atom is 0.123 e. The molecule has 1 aromatic rings. The molecule has 0 spiro atoms. The molecule has 1 N–H and O–H groups in total. The zero-order chi connectivity index (χ0) is 13.0. The van der Waals surface area contributed by atoms with Gasteiger partial charge >= 0.3 is 0 Å². The molecule has 1 fully saturated rings. The van der Waals surface area contributed by atoms with Gasteiger partial charge in [0, 0.05) is 18.2 Å². The summed E-state index contributed by atoms with van der Waals surface area (Å²) < 4.78 is 5.42. The van der Waals surface area contributed by atoms with Gasteiger partial charge in [-0.05, 0) is 31.7 Å². The molecule has 1 aliphatic carbocycles. The maximum atomic E-state index is 5.42. The third-order valence-corrected chi connectivity index (χ3v) is 3.95. The summed E-state index contributed by atoms with van der Waals surface area (Å²) in [5.41, 5.74) is 2.57. The molecule has 2 atom stereocenters. The van der Waals surface area contributed by atoms with Crippen molar-refractivity contribution in [1.82, 2.24) is 5.32 Å². The van der Waals surface area contributed by atoms with Gasteiger partial charge in [-0.25, -0.2) is 0 Å². The van der Waals surface area contributed by atoms with Crippen LogP contribution < -0.4 is 10.1 Å². The van der Waals surface area contributed by atoms with Gasteiger partial charge in [0.15, 0.2) is 0 Å². The van der Waals surface area contributed by atoms with Crippen molar-refractivity contribution in [2.75, 3.05) is 7.11 Å². The molecule has 0 radical (unpaired) electrons. The molecule has 0 heterocycles. The first-order chi connectivity index (χ1) is 8.69. The molecule has 1 saturated carbocycles. The topological polar surface area (TPSA) is 21.3 Å². The number of methoxy groups -OCH3 is 1. The Morgan fingerprint density at radius 1 is 1.33 bits per heavy atom. The molecule has 18 heavy (non-hydrogen) atoms. The summed E-state index contributed by atoms with van der Waals surface area (Å²) in [5, 5.41) is 3.69. The lowest BCUT2D eigenvalue weighted by atomic mass is 9.87. The molecule has 0 aromatic heterocycles. The van der Waals surface area contributed by atoms with Gasteiger partial charge < -0.3 is 10.1 Å². The van der Waals surface area contributed by atoms with Crippen molar-refractivity contribution in [1.29, 1.82) is 0 Å². The average molecular weight is 247 g/mol. The van der Waals surface area contributed by atoms with Gasteiger partial charge in [0.05, 0.1) is 7.11 Å². The van der Waals surface area contributed by atoms with E-state index in [1.807, 2.05) is 0 Å². The minimum Gasteiger partial charge on any atom is -0.496 e. The predicted molar refractivity (Wildman–Crippen MR) is 76.0 cm³/mol. The van der Waals surface area contributed by atoms with Crippen LogP contribution in [0.3, 0.4) is 0 Å². The van der Waals surface area contributed by atoms with E-state index in [1.54, 1.807) is 7.11 Å². The highest BCUT2D eigenvalue weighted by Gasteiger charge is 2.18. The number of hydrogen-bond acceptors (Lipinski definition) is 2. The zero-order valence-corrected chi connectivity index (χ0v) is 11.8. The van der Waals surface area contributed by atoms with Crippen LogP contribution in [0.1, 0.15) is 43.7 Å². The molecule has 1 aliphatic rings. The van der Waals surface area contributed by atoms with E-state index in [2.05, 4.69) is 37.4 Å². The fourth-order valence-corrected chi connectivity index (χ4v) is 2.92. The Balaban J connectivity index is 1.94. The molecule has 0 amide bonds. The smallest absolute Gasteiger partial charge is 0.123 e. The largest absolute Gasteiger partial charge is 0.496 e. The summed E-state index contributed by atoms with van der Waals surface area (Å²) in [6.45, 7) is 5.41. The Morgan fingerprint density at radius 2 is 2.17 bits per heavy atom. The van der Waals surface area contributed by atoms with Crippen molar-refractivity contribution >= 4 is 0 Å². The number of nitrogens with one attached hydrogen (secondary N) is 1. The van der Waals surface area contributed by atoms with E-state index in [0.717, 1.165) is 18.2 Å². The van der Waals surface area contributed by atoms with Crippen LogP contribution in [0, 0.1) is 12.8 Å². The van der Waals surface area contributed by atoms with Gasteiger partial charge in [-0.15, -0.1) is 0 Å². The van der Waals surface area contributed by atoms with Crippen LogP contribution in [0.25, 0.3) is 0 Å². The zero-order valence-electron chi connectivity index (χ0n) is 11.8. The number of aryl methyl sites for hydroxylation is 1. The normalized spacial score (nSPS) is 23.9. The SMILES string of the molecule is COc1ccc(C)cc1CNC1CCCC(C)C1. The molecule has 0 saturated heterocycles. The van der Waals surface area contributed by atoms with Crippen LogP contribution in [0.15, 0.2) is 18.2 Å². The van der Waals surface area contributed by atoms with Gasteiger partial charge in [0.25, 0.3) is 0 Å². The Hall–Kier alpha value is -1.02. The first-order valence-corrected chi connectivity index (χ1v) is 7.06. The molecule has 2 nitrogen and oxygen atoms in total. The second-order valence-corrected chi connectivity index (χ2v) is 5.66. The predicted octanol–water partition coefficient (Wildman–Crippen LogP) is 3.67. The van der Waals surface area contributed by atoms with Gasteiger partial charge in [0.1, 0.15) is 5.75 Å². The minimum absolute atomic E-state index is 0.680. The number of rotatable bonds is 4. The third kappa shape index (κ3) is 3.49. The van der Waals surface area contributed by atoms with Crippen LogP contribution >= 0.6 is 0 Å². The summed E-state index contributed by atoms with van der Waals surface area (Å²) in [4.78, 5) is 0. The van der Waals surface area contributed by atoms with Crippen molar-refractivity contribution in [3.8, 4) is 5.75 Å². The third-order valence-electron chi connectivity index (χ3n) is 3.95. The summed E-state index contributed by atoms with van der Waals surface area (Å²) in [6, 6.07) is 7.07. The van der Waals surface area contributed by atoms with Gasteiger partial charge in [-0.2, -0.15) is 0 Å².